The molecule has 0 aliphatic rings. The number of hydrogen-bond donors (Lipinski definition) is 0. The van der Waals surface area contributed by atoms with Gasteiger partial charge in [0.2, 0.25) is 0 Å². The Morgan fingerprint density at radius 1 is 1.44 bits per heavy atom. The molecule has 0 atom stereocenters. The van der Waals surface area contributed by atoms with E-state index in [-0.39, 0.29) is 5.78 Å². The predicted octanol–water partition coefficient (Wildman–Crippen LogP) is 2.85. The van der Waals surface area contributed by atoms with E-state index < -0.39 is 0 Å². The number of methoxy groups -OCH3 is 1. The second kappa shape index (κ2) is 5.95. The fraction of sp³-hybridized carbons (Fsp3) is 0.308. The highest BCUT2D eigenvalue weighted by Gasteiger charge is 2.09. The molecule has 0 aliphatic heterocycles. The summed E-state index contributed by atoms with van der Waals surface area (Å²) in [5.74, 6) is 1.23. The van der Waals surface area contributed by atoms with Gasteiger partial charge in [0.25, 0.3) is 0 Å². The van der Waals surface area contributed by atoms with E-state index in [0.29, 0.717) is 23.7 Å². The smallest absolute Gasteiger partial charge is 0.163 e. The second-order valence-electron chi connectivity index (χ2n) is 3.30. The van der Waals surface area contributed by atoms with Crippen molar-refractivity contribution in [1.82, 2.24) is 0 Å². The van der Waals surface area contributed by atoms with Crippen LogP contribution in [0, 0.1) is 0 Å². The van der Waals surface area contributed by atoms with Gasteiger partial charge in [-0.25, -0.2) is 0 Å². The molecule has 16 heavy (non-hydrogen) atoms. The lowest BCUT2D eigenvalue weighted by Gasteiger charge is -2.09. The summed E-state index contributed by atoms with van der Waals surface area (Å²) in [5, 5.41) is 0. The summed E-state index contributed by atoms with van der Waals surface area (Å²) in [5.41, 5.74) is 0.574. The number of allylic oxidation sites excluding steroid dienone is 1. The van der Waals surface area contributed by atoms with Crippen LogP contribution in [0.5, 0.6) is 11.5 Å². The average Bonchev–Trinajstić information content (AvgIpc) is 2.29. The first-order valence-electron chi connectivity index (χ1n) is 5.12. The second-order valence-corrected chi connectivity index (χ2v) is 3.30. The van der Waals surface area contributed by atoms with Crippen LogP contribution in [0.15, 0.2) is 30.4 Å². The zero-order valence-corrected chi connectivity index (χ0v) is 9.82. The number of Topliss-reactive ketones (excluding diaryl/α,β-unsaturated/α-hetero) is 1. The van der Waals surface area contributed by atoms with E-state index in [1.165, 1.54) is 6.92 Å². The van der Waals surface area contributed by atoms with Gasteiger partial charge in [-0.1, -0.05) is 12.2 Å². The molecule has 0 radical (unpaired) electrons. The summed E-state index contributed by atoms with van der Waals surface area (Å²) >= 11 is 0. The molecule has 0 fully saturated rings. The van der Waals surface area contributed by atoms with E-state index in [0.717, 1.165) is 0 Å². The van der Waals surface area contributed by atoms with Gasteiger partial charge in [-0.05, 0) is 26.0 Å². The Kier molecular flexibility index (Phi) is 4.58. The molecule has 0 bridgehead atoms. The molecule has 3 heteroatoms. The van der Waals surface area contributed by atoms with Gasteiger partial charge in [0.15, 0.2) is 5.78 Å². The molecule has 0 saturated heterocycles. The fourth-order valence-electron chi connectivity index (χ4n) is 1.27. The molecule has 1 aromatic rings. The van der Waals surface area contributed by atoms with Gasteiger partial charge in [-0.3, -0.25) is 4.79 Å². The van der Waals surface area contributed by atoms with Crippen LogP contribution in [-0.4, -0.2) is 19.5 Å². The minimum absolute atomic E-state index is 0.0156. The van der Waals surface area contributed by atoms with Gasteiger partial charge in [0.05, 0.1) is 12.7 Å². The molecule has 0 unspecified atom stereocenters. The highest BCUT2D eigenvalue weighted by Crippen LogP contribution is 2.25. The largest absolute Gasteiger partial charge is 0.497 e. The van der Waals surface area contributed by atoms with Crippen LogP contribution in [0.2, 0.25) is 0 Å². The number of ether oxygens (including phenoxy) is 2. The Morgan fingerprint density at radius 2 is 2.19 bits per heavy atom. The van der Waals surface area contributed by atoms with Crippen LogP contribution in [-0.2, 0) is 0 Å². The first-order valence-corrected chi connectivity index (χ1v) is 5.12. The molecular weight excluding hydrogens is 204 g/mol. The minimum Gasteiger partial charge on any atom is -0.497 e. The molecule has 0 aliphatic carbocycles. The lowest BCUT2D eigenvalue weighted by molar-refractivity contribution is 0.101. The topological polar surface area (TPSA) is 35.5 Å². The van der Waals surface area contributed by atoms with Crippen molar-refractivity contribution in [3.05, 3.63) is 35.9 Å². The third-order valence-electron chi connectivity index (χ3n) is 2.14. The van der Waals surface area contributed by atoms with Crippen LogP contribution < -0.4 is 9.47 Å². The zero-order chi connectivity index (χ0) is 12.0. The highest BCUT2D eigenvalue weighted by molar-refractivity contribution is 5.97. The lowest BCUT2D eigenvalue weighted by atomic mass is 10.1. The van der Waals surface area contributed by atoms with Crippen LogP contribution in [0.1, 0.15) is 24.2 Å². The van der Waals surface area contributed by atoms with Gasteiger partial charge < -0.3 is 9.47 Å². The van der Waals surface area contributed by atoms with Crippen LogP contribution in [0.4, 0.5) is 0 Å². The Labute approximate surface area is 95.7 Å². The number of carbonyl (C=O) groups excluding carboxylic acids is 1. The Balaban J connectivity index is 2.95. The number of ketones is 1. The van der Waals surface area contributed by atoms with Crippen molar-refractivity contribution in [3.63, 3.8) is 0 Å². The lowest BCUT2D eigenvalue weighted by Crippen LogP contribution is -2.01. The van der Waals surface area contributed by atoms with Crippen LogP contribution in [0.25, 0.3) is 0 Å². The van der Waals surface area contributed by atoms with Crippen molar-refractivity contribution in [2.45, 2.75) is 13.8 Å². The summed E-state index contributed by atoms with van der Waals surface area (Å²) in [4.78, 5) is 11.4. The molecule has 86 valence electrons. The summed E-state index contributed by atoms with van der Waals surface area (Å²) in [6, 6.07) is 5.19. The summed E-state index contributed by atoms with van der Waals surface area (Å²) < 4.78 is 10.6. The molecule has 0 aromatic heterocycles. The van der Waals surface area contributed by atoms with Crippen molar-refractivity contribution in [3.8, 4) is 11.5 Å². The predicted molar refractivity (Wildman–Crippen MR) is 63.3 cm³/mol. The fourth-order valence-corrected chi connectivity index (χ4v) is 1.27. The number of carbonyl (C=O) groups is 1. The molecule has 1 rings (SSSR count). The minimum atomic E-state index is -0.0156. The molecule has 0 spiro atoms. The summed E-state index contributed by atoms with van der Waals surface area (Å²) in [6.45, 7) is 3.88. The molecular formula is C13H16O3. The third kappa shape index (κ3) is 3.12. The van der Waals surface area contributed by atoms with E-state index in [1.54, 1.807) is 25.3 Å². The van der Waals surface area contributed by atoms with Gasteiger partial charge in [0.1, 0.15) is 18.1 Å². The molecule has 0 heterocycles. The normalized spacial score (nSPS) is 10.4. The maximum Gasteiger partial charge on any atom is 0.163 e. The molecule has 0 amide bonds. The van der Waals surface area contributed by atoms with Gasteiger partial charge >= 0.3 is 0 Å². The monoisotopic (exact) mass is 220 g/mol. The quantitative estimate of drug-likeness (QED) is 0.565. The van der Waals surface area contributed by atoms with E-state index in [9.17, 15) is 4.79 Å². The SMILES string of the molecule is C/C=C/COc1cc(OC)ccc1C(C)=O. The van der Waals surface area contributed by atoms with Crippen molar-refractivity contribution in [2.75, 3.05) is 13.7 Å². The molecule has 3 nitrogen and oxygen atoms in total. The van der Waals surface area contributed by atoms with E-state index >= 15 is 0 Å². The molecule has 0 saturated carbocycles. The Bertz CT molecular complexity index is 394. The van der Waals surface area contributed by atoms with Crippen LogP contribution >= 0.6 is 0 Å². The van der Waals surface area contributed by atoms with E-state index in [1.807, 2.05) is 19.1 Å². The Morgan fingerprint density at radius 3 is 2.75 bits per heavy atom. The van der Waals surface area contributed by atoms with Gasteiger partial charge in [0, 0.05) is 6.07 Å². The van der Waals surface area contributed by atoms with Gasteiger partial charge in [-0.2, -0.15) is 0 Å². The standard InChI is InChI=1S/C13H16O3/c1-4-5-8-16-13-9-11(15-3)6-7-12(13)10(2)14/h4-7,9H,8H2,1-3H3/b5-4+. The van der Waals surface area contributed by atoms with Crippen LogP contribution in [0.3, 0.4) is 0 Å². The summed E-state index contributed by atoms with van der Waals surface area (Å²) in [7, 11) is 1.58. The van der Waals surface area contributed by atoms with E-state index in [4.69, 9.17) is 9.47 Å². The molecule has 0 N–H and O–H groups in total. The van der Waals surface area contributed by atoms with E-state index in [2.05, 4.69) is 0 Å². The number of benzene rings is 1. The zero-order valence-electron chi connectivity index (χ0n) is 9.82. The Hall–Kier alpha value is -1.77. The first-order chi connectivity index (χ1) is 7.69. The molecule has 1 aromatic carbocycles. The maximum absolute atomic E-state index is 11.4. The first kappa shape index (κ1) is 12.3. The van der Waals surface area contributed by atoms with Crippen molar-refractivity contribution < 1.29 is 14.3 Å². The van der Waals surface area contributed by atoms with Crippen molar-refractivity contribution in [1.29, 1.82) is 0 Å². The average molecular weight is 220 g/mol. The van der Waals surface area contributed by atoms with Crippen molar-refractivity contribution >= 4 is 5.78 Å². The highest BCUT2D eigenvalue weighted by atomic mass is 16.5. The van der Waals surface area contributed by atoms with Crippen molar-refractivity contribution in [2.24, 2.45) is 0 Å². The number of hydrogen-bond acceptors (Lipinski definition) is 3. The van der Waals surface area contributed by atoms with Gasteiger partial charge in [-0.15, -0.1) is 0 Å². The number of rotatable bonds is 5. The maximum atomic E-state index is 11.4. The summed E-state index contributed by atoms with van der Waals surface area (Å²) in [6.07, 6.45) is 3.77. The third-order valence-corrected chi connectivity index (χ3v) is 2.14.